The molecule has 0 aromatic carbocycles. The van der Waals surface area contributed by atoms with Crippen LogP contribution < -0.4 is 15.5 Å². The molecule has 3 aliphatic rings. The van der Waals surface area contributed by atoms with Crippen LogP contribution in [-0.4, -0.2) is 81.4 Å². The zero-order valence-electron chi connectivity index (χ0n) is 19.2. The summed E-state index contributed by atoms with van der Waals surface area (Å²) in [5.41, 5.74) is 0.298. The van der Waals surface area contributed by atoms with E-state index < -0.39 is 0 Å². The van der Waals surface area contributed by atoms with E-state index in [1.165, 1.54) is 38.2 Å². The highest BCUT2D eigenvalue weighted by atomic mass is 127. The van der Waals surface area contributed by atoms with Gasteiger partial charge in [-0.15, -0.1) is 24.0 Å². The number of hydrogen-bond donors (Lipinski definition) is 2. The van der Waals surface area contributed by atoms with Crippen LogP contribution in [0.15, 0.2) is 23.3 Å². The van der Waals surface area contributed by atoms with E-state index in [0.717, 1.165) is 64.9 Å². The van der Waals surface area contributed by atoms with Crippen molar-refractivity contribution in [3.8, 4) is 0 Å². The van der Waals surface area contributed by atoms with Crippen LogP contribution in [0.4, 0.5) is 10.2 Å². The van der Waals surface area contributed by atoms with Crippen molar-refractivity contribution < 1.29 is 9.13 Å². The molecular formula is C23H38FIN6O. The van der Waals surface area contributed by atoms with Gasteiger partial charge in [0.05, 0.1) is 13.2 Å². The molecule has 2 saturated heterocycles. The van der Waals surface area contributed by atoms with Gasteiger partial charge in [-0.05, 0) is 31.4 Å². The van der Waals surface area contributed by atoms with Gasteiger partial charge in [-0.2, -0.15) is 0 Å². The van der Waals surface area contributed by atoms with Crippen molar-refractivity contribution in [2.75, 3.05) is 64.4 Å². The quantitative estimate of drug-likeness (QED) is 0.317. The van der Waals surface area contributed by atoms with Gasteiger partial charge in [0.25, 0.3) is 0 Å². The predicted octanol–water partition coefficient (Wildman–Crippen LogP) is 2.87. The van der Waals surface area contributed by atoms with Crippen LogP contribution in [0.5, 0.6) is 0 Å². The molecule has 7 nitrogen and oxygen atoms in total. The number of hydrogen-bond acceptors (Lipinski definition) is 5. The Balaban J connectivity index is 0.00000289. The minimum atomic E-state index is -0.256. The zero-order chi connectivity index (χ0) is 21.5. The van der Waals surface area contributed by atoms with Gasteiger partial charge in [-0.3, -0.25) is 9.89 Å². The molecule has 0 spiro atoms. The summed E-state index contributed by atoms with van der Waals surface area (Å²) in [5.74, 6) is 1.04. The number of aliphatic imine (C=N–C) groups is 1. The number of aromatic nitrogens is 1. The lowest BCUT2D eigenvalue weighted by molar-refractivity contribution is 0.00819. The van der Waals surface area contributed by atoms with Crippen molar-refractivity contribution in [3.63, 3.8) is 0 Å². The maximum atomic E-state index is 14.1. The van der Waals surface area contributed by atoms with Gasteiger partial charge in [-0.1, -0.05) is 19.3 Å². The lowest BCUT2D eigenvalue weighted by Crippen LogP contribution is -2.52. The topological polar surface area (TPSA) is 65.0 Å². The highest BCUT2D eigenvalue weighted by Gasteiger charge is 2.35. The monoisotopic (exact) mass is 560 g/mol. The highest BCUT2D eigenvalue weighted by molar-refractivity contribution is 14.0. The van der Waals surface area contributed by atoms with E-state index in [-0.39, 0.29) is 35.8 Å². The van der Waals surface area contributed by atoms with Crippen molar-refractivity contribution in [3.05, 3.63) is 24.1 Å². The van der Waals surface area contributed by atoms with E-state index in [0.29, 0.717) is 11.2 Å². The molecule has 2 aliphatic heterocycles. The Kier molecular flexibility index (Phi) is 9.78. The summed E-state index contributed by atoms with van der Waals surface area (Å²) in [6.45, 7) is 7.37. The Morgan fingerprint density at radius 2 is 2.03 bits per heavy atom. The molecule has 4 rings (SSSR count). The number of nitrogens with one attached hydrogen (secondary N) is 2. The zero-order valence-corrected chi connectivity index (χ0v) is 21.5. The molecule has 1 saturated carbocycles. The van der Waals surface area contributed by atoms with Gasteiger partial charge in [0.2, 0.25) is 0 Å². The molecule has 1 atom stereocenters. The van der Waals surface area contributed by atoms with Crippen LogP contribution in [0.2, 0.25) is 0 Å². The Morgan fingerprint density at radius 3 is 2.75 bits per heavy atom. The minimum Gasteiger partial charge on any atom is -0.379 e. The second kappa shape index (κ2) is 12.3. The fourth-order valence-electron chi connectivity index (χ4n) is 5.27. The lowest BCUT2D eigenvalue weighted by Gasteiger charge is -2.42. The van der Waals surface area contributed by atoms with E-state index >= 15 is 0 Å². The number of anilines is 1. The molecule has 9 heteroatoms. The van der Waals surface area contributed by atoms with E-state index in [9.17, 15) is 4.39 Å². The largest absolute Gasteiger partial charge is 0.379 e. The summed E-state index contributed by atoms with van der Waals surface area (Å²) in [6, 6.07) is 3.34. The fraction of sp³-hybridized carbons (Fsp3) is 0.739. The van der Waals surface area contributed by atoms with Crippen LogP contribution in [0.1, 0.15) is 38.5 Å². The molecule has 32 heavy (non-hydrogen) atoms. The molecular weight excluding hydrogens is 522 g/mol. The standard InChI is InChI=1S/C23H37FN6O.HI/c1-25-22(28-19-7-11-30(16-19)21-20(24)6-5-10-26-21)27-17-23(8-3-2-4-9-23)18-29-12-14-31-15-13-29;/h5-6,10,19H,2-4,7-9,11-18H2,1H3,(H2,25,27,28);1H. The predicted molar refractivity (Wildman–Crippen MR) is 138 cm³/mol. The Morgan fingerprint density at radius 1 is 1.25 bits per heavy atom. The van der Waals surface area contributed by atoms with Crippen LogP contribution in [-0.2, 0) is 4.74 Å². The maximum absolute atomic E-state index is 14.1. The number of nitrogens with zero attached hydrogens (tertiary/aromatic N) is 4. The van der Waals surface area contributed by atoms with Crippen LogP contribution >= 0.6 is 24.0 Å². The third-order valence-corrected chi connectivity index (χ3v) is 7.00. The Bertz CT molecular complexity index is 739. The average Bonchev–Trinajstić information content (AvgIpc) is 3.26. The van der Waals surface area contributed by atoms with Gasteiger partial charge in [-0.25, -0.2) is 9.37 Å². The van der Waals surface area contributed by atoms with Crippen LogP contribution in [0.3, 0.4) is 0 Å². The smallest absolute Gasteiger partial charge is 0.191 e. The summed E-state index contributed by atoms with van der Waals surface area (Å²) < 4.78 is 19.6. The first-order valence-corrected chi connectivity index (χ1v) is 11.8. The molecule has 1 aromatic heterocycles. The third kappa shape index (κ3) is 6.66. The van der Waals surface area contributed by atoms with Crippen molar-refractivity contribution in [1.82, 2.24) is 20.5 Å². The normalized spacial score (nSPS) is 24.1. The molecule has 1 aromatic rings. The van der Waals surface area contributed by atoms with Crippen LogP contribution in [0, 0.1) is 11.2 Å². The van der Waals surface area contributed by atoms with E-state index in [4.69, 9.17) is 4.74 Å². The summed E-state index contributed by atoms with van der Waals surface area (Å²) in [6.07, 6.45) is 9.10. The SMILES string of the molecule is CN=C(NCC1(CN2CCOCC2)CCCCC1)NC1CCN(c2ncccc2F)C1.I. The number of morpholine rings is 1. The maximum Gasteiger partial charge on any atom is 0.191 e. The average molecular weight is 561 g/mol. The molecule has 0 amide bonds. The van der Waals surface area contributed by atoms with Gasteiger partial charge < -0.3 is 20.3 Å². The van der Waals surface area contributed by atoms with Gasteiger partial charge in [0.15, 0.2) is 17.6 Å². The number of halogens is 2. The lowest BCUT2D eigenvalue weighted by atomic mass is 9.73. The van der Waals surface area contributed by atoms with Gasteiger partial charge >= 0.3 is 0 Å². The van der Waals surface area contributed by atoms with Crippen molar-refractivity contribution in [2.45, 2.75) is 44.6 Å². The van der Waals surface area contributed by atoms with Crippen LogP contribution in [0.25, 0.3) is 0 Å². The number of rotatable bonds is 6. The second-order valence-electron chi connectivity index (χ2n) is 9.26. The molecule has 1 aliphatic carbocycles. The molecule has 1 unspecified atom stereocenters. The van der Waals surface area contributed by atoms with E-state index in [2.05, 4.69) is 25.5 Å². The van der Waals surface area contributed by atoms with Crippen molar-refractivity contribution in [1.29, 1.82) is 0 Å². The van der Waals surface area contributed by atoms with E-state index in [1.807, 2.05) is 11.9 Å². The molecule has 3 heterocycles. The number of guanidine groups is 1. The summed E-state index contributed by atoms with van der Waals surface area (Å²) in [4.78, 5) is 13.3. The van der Waals surface area contributed by atoms with Crippen molar-refractivity contribution in [2.24, 2.45) is 10.4 Å². The van der Waals surface area contributed by atoms with Crippen molar-refractivity contribution >= 4 is 35.8 Å². The first-order valence-electron chi connectivity index (χ1n) is 11.8. The molecule has 0 radical (unpaired) electrons. The molecule has 180 valence electrons. The second-order valence-corrected chi connectivity index (χ2v) is 9.26. The minimum absolute atomic E-state index is 0. The first-order chi connectivity index (χ1) is 15.2. The third-order valence-electron chi connectivity index (χ3n) is 7.00. The van der Waals surface area contributed by atoms with Gasteiger partial charge in [0, 0.05) is 64.0 Å². The Hall–Kier alpha value is -1.20. The fourth-order valence-corrected chi connectivity index (χ4v) is 5.27. The first kappa shape index (κ1) is 25.4. The summed E-state index contributed by atoms with van der Waals surface area (Å²) in [5, 5.41) is 7.19. The van der Waals surface area contributed by atoms with E-state index in [1.54, 1.807) is 12.3 Å². The molecule has 2 N–H and O–H groups in total. The Labute approximate surface area is 208 Å². The number of ether oxygens (including phenoxy) is 1. The van der Waals surface area contributed by atoms with Gasteiger partial charge in [0.1, 0.15) is 0 Å². The molecule has 3 fully saturated rings. The number of pyridine rings is 1. The summed E-state index contributed by atoms with van der Waals surface area (Å²) in [7, 11) is 1.83. The summed E-state index contributed by atoms with van der Waals surface area (Å²) >= 11 is 0. The molecule has 0 bridgehead atoms. The highest BCUT2D eigenvalue weighted by Crippen LogP contribution is 2.36.